The van der Waals surface area contributed by atoms with E-state index in [0.29, 0.717) is 11.5 Å². The van der Waals surface area contributed by atoms with Crippen molar-refractivity contribution in [2.24, 2.45) is 0 Å². The Hall–Kier alpha value is -2.06. The van der Waals surface area contributed by atoms with Crippen molar-refractivity contribution in [1.82, 2.24) is 0 Å². The summed E-state index contributed by atoms with van der Waals surface area (Å²) in [4.78, 5) is 0. The van der Waals surface area contributed by atoms with Gasteiger partial charge in [0.05, 0.1) is 7.11 Å². The average molecular weight is 276 g/mol. The van der Waals surface area contributed by atoms with Crippen molar-refractivity contribution in [2.45, 2.75) is 6.92 Å². The lowest BCUT2D eigenvalue weighted by atomic mass is 10.2. The van der Waals surface area contributed by atoms with Crippen molar-refractivity contribution in [3.8, 4) is 17.2 Å². The standard InChI is InChI=1S/C14H15NO3P/c1-11-3-5-13(6-4-11)17-19(15)18-14-9-7-12(16-2)8-10-14/h3-10,15H,1-2H3/q+1. The lowest BCUT2D eigenvalue weighted by molar-refractivity contribution is 0.413. The van der Waals surface area contributed by atoms with E-state index < -0.39 is 8.17 Å². The van der Waals surface area contributed by atoms with Crippen molar-refractivity contribution < 1.29 is 13.8 Å². The monoisotopic (exact) mass is 276 g/mol. The molecular weight excluding hydrogens is 261 g/mol. The predicted octanol–water partition coefficient (Wildman–Crippen LogP) is 4.54. The van der Waals surface area contributed by atoms with Gasteiger partial charge in [-0.05, 0) is 48.5 Å². The molecular formula is C14H15NO3P+. The van der Waals surface area contributed by atoms with Crippen molar-refractivity contribution in [2.75, 3.05) is 7.11 Å². The van der Waals surface area contributed by atoms with Gasteiger partial charge in [-0.1, -0.05) is 17.7 Å². The molecule has 1 N–H and O–H groups in total. The second-order valence-corrected chi connectivity index (χ2v) is 4.81. The van der Waals surface area contributed by atoms with Crippen LogP contribution >= 0.6 is 8.17 Å². The Morgan fingerprint density at radius 1 is 0.789 bits per heavy atom. The molecule has 0 amide bonds. The number of ether oxygens (including phenoxy) is 1. The fraction of sp³-hybridized carbons (Fsp3) is 0.143. The molecule has 0 aliphatic rings. The largest absolute Gasteiger partial charge is 0.664 e. The molecule has 0 aliphatic carbocycles. The molecule has 0 saturated heterocycles. The third kappa shape index (κ3) is 3.97. The molecule has 0 radical (unpaired) electrons. The number of aryl methyl sites for hydroxylation is 1. The number of methoxy groups -OCH3 is 1. The summed E-state index contributed by atoms with van der Waals surface area (Å²) in [6.07, 6.45) is 0. The van der Waals surface area contributed by atoms with Gasteiger partial charge in [0.1, 0.15) is 5.75 Å². The first-order valence-corrected chi connectivity index (χ1v) is 6.93. The van der Waals surface area contributed by atoms with Gasteiger partial charge >= 0.3 is 8.17 Å². The van der Waals surface area contributed by atoms with Crippen LogP contribution in [0.3, 0.4) is 0 Å². The molecule has 0 aromatic heterocycles. The Balaban J connectivity index is 1.95. The van der Waals surface area contributed by atoms with Gasteiger partial charge < -0.3 is 4.74 Å². The first kappa shape index (κ1) is 13.4. The minimum Gasteiger partial charge on any atom is -0.497 e. The Kier molecular flexibility index (Phi) is 4.37. The Morgan fingerprint density at radius 2 is 1.21 bits per heavy atom. The molecule has 1 atom stereocenters. The van der Waals surface area contributed by atoms with Gasteiger partial charge in [-0.15, -0.1) is 0 Å². The van der Waals surface area contributed by atoms with Gasteiger partial charge in [0.25, 0.3) is 0 Å². The molecule has 19 heavy (non-hydrogen) atoms. The quantitative estimate of drug-likeness (QED) is 0.816. The first-order chi connectivity index (χ1) is 9.17. The fourth-order valence-electron chi connectivity index (χ4n) is 1.45. The van der Waals surface area contributed by atoms with E-state index >= 15 is 0 Å². The summed E-state index contributed by atoms with van der Waals surface area (Å²) >= 11 is 0. The van der Waals surface area contributed by atoms with E-state index in [1.165, 1.54) is 0 Å². The number of benzene rings is 2. The minimum atomic E-state index is -1.75. The lowest BCUT2D eigenvalue weighted by Crippen LogP contribution is -1.89. The molecule has 0 bridgehead atoms. The summed E-state index contributed by atoms with van der Waals surface area (Å²) in [6.45, 7) is 2.00. The van der Waals surface area contributed by atoms with Crippen LogP contribution in [0, 0.1) is 12.1 Å². The Morgan fingerprint density at radius 3 is 1.68 bits per heavy atom. The highest BCUT2D eigenvalue weighted by atomic mass is 31.1. The second-order valence-electron chi connectivity index (χ2n) is 3.93. The highest BCUT2D eigenvalue weighted by molar-refractivity contribution is 7.35. The molecule has 0 saturated carbocycles. The van der Waals surface area contributed by atoms with Gasteiger partial charge in [-0.2, -0.15) is 0 Å². The van der Waals surface area contributed by atoms with E-state index in [4.69, 9.17) is 18.9 Å². The van der Waals surface area contributed by atoms with Crippen LogP contribution in [0.5, 0.6) is 17.2 Å². The zero-order valence-corrected chi connectivity index (χ0v) is 11.7. The van der Waals surface area contributed by atoms with E-state index in [9.17, 15) is 0 Å². The molecule has 0 aliphatic heterocycles. The summed E-state index contributed by atoms with van der Waals surface area (Å²) < 4.78 is 15.9. The summed E-state index contributed by atoms with van der Waals surface area (Å²) in [7, 11) is -0.143. The Labute approximate surface area is 113 Å². The summed E-state index contributed by atoms with van der Waals surface area (Å²) in [5, 5.41) is 7.79. The maximum atomic E-state index is 7.79. The van der Waals surface area contributed by atoms with Crippen molar-refractivity contribution in [3.05, 3.63) is 54.1 Å². The van der Waals surface area contributed by atoms with Gasteiger partial charge in [-0.25, -0.2) is 9.05 Å². The molecule has 2 aromatic carbocycles. The van der Waals surface area contributed by atoms with Crippen molar-refractivity contribution in [1.29, 1.82) is 5.16 Å². The van der Waals surface area contributed by atoms with Gasteiger partial charge in [0.15, 0.2) is 11.5 Å². The van der Waals surface area contributed by atoms with Crippen molar-refractivity contribution >= 4 is 8.17 Å². The lowest BCUT2D eigenvalue weighted by Gasteiger charge is -1.99. The summed E-state index contributed by atoms with van der Waals surface area (Å²) in [5.74, 6) is 1.98. The predicted molar refractivity (Wildman–Crippen MR) is 75.1 cm³/mol. The summed E-state index contributed by atoms with van der Waals surface area (Å²) in [5.41, 5.74) is 1.15. The van der Waals surface area contributed by atoms with E-state index in [2.05, 4.69) is 0 Å². The third-order valence-electron chi connectivity index (χ3n) is 2.46. The minimum absolute atomic E-state index is 0.592. The molecule has 1 unspecified atom stereocenters. The van der Waals surface area contributed by atoms with Crippen LogP contribution < -0.4 is 13.8 Å². The highest BCUT2D eigenvalue weighted by Crippen LogP contribution is 2.31. The molecule has 2 aromatic rings. The smallest absolute Gasteiger partial charge is 0.497 e. The van der Waals surface area contributed by atoms with Gasteiger partial charge in [0, 0.05) is 0 Å². The van der Waals surface area contributed by atoms with E-state index in [-0.39, 0.29) is 0 Å². The number of hydrogen-bond donors (Lipinski definition) is 1. The molecule has 4 nitrogen and oxygen atoms in total. The van der Waals surface area contributed by atoms with Crippen LogP contribution in [0.1, 0.15) is 5.56 Å². The Bertz CT molecular complexity index is 552. The first-order valence-electron chi connectivity index (χ1n) is 5.75. The van der Waals surface area contributed by atoms with E-state index in [0.717, 1.165) is 11.3 Å². The van der Waals surface area contributed by atoms with E-state index in [1.807, 2.05) is 31.2 Å². The molecule has 5 heteroatoms. The van der Waals surface area contributed by atoms with Crippen LogP contribution in [-0.4, -0.2) is 7.11 Å². The highest BCUT2D eigenvalue weighted by Gasteiger charge is 2.18. The number of rotatable bonds is 5. The maximum Gasteiger partial charge on any atom is 0.664 e. The topological polar surface area (TPSA) is 51.5 Å². The van der Waals surface area contributed by atoms with Crippen LogP contribution in [-0.2, 0) is 0 Å². The van der Waals surface area contributed by atoms with Crippen molar-refractivity contribution in [3.63, 3.8) is 0 Å². The second kappa shape index (κ2) is 6.21. The summed E-state index contributed by atoms with van der Waals surface area (Å²) in [6, 6.07) is 14.6. The normalized spacial score (nSPS) is 10.7. The number of hydrogen-bond acceptors (Lipinski definition) is 4. The molecule has 2 rings (SSSR count). The molecule has 0 fully saturated rings. The zero-order chi connectivity index (χ0) is 13.7. The van der Waals surface area contributed by atoms with Gasteiger partial charge in [-0.3, -0.25) is 0 Å². The maximum absolute atomic E-state index is 7.79. The zero-order valence-electron chi connectivity index (χ0n) is 10.8. The molecule has 98 valence electrons. The van der Waals surface area contributed by atoms with Crippen LogP contribution in [0.2, 0.25) is 0 Å². The molecule has 0 spiro atoms. The van der Waals surface area contributed by atoms with Crippen LogP contribution in [0.15, 0.2) is 48.5 Å². The third-order valence-corrected chi connectivity index (χ3v) is 3.21. The fourth-order valence-corrected chi connectivity index (χ4v) is 2.11. The van der Waals surface area contributed by atoms with Crippen LogP contribution in [0.25, 0.3) is 0 Å². The SMILES string of the molecule is COc1ccc(O[P+](=N)Oc2ccc(C)cc2)cc1. The average Bonchev–Trinajstić information content (AvgIpc) is 2.42. The molecule has 0 heterocycles. The van der Waals surface area contributed by atoms with Gasteiger partial charge in [0.2, 0.25) is 0 Å². The number of nitrogens with one attached hydrogen (secondary N) is 1. The van der Waals surface area contributed by atoms with E-state index in [1.54, 1.807) is 31.4 Å². The van der Waals surface area contributed by atoms with Crippen LogP contribution in [0.4, 0.5) is 0 Å².